The number of aliphatic hydroxyl groups is 1. The highest BCUT2D eigenvalue weighted by Gasteiger charge is 2.49. The van der Waals surface area contributed by atoms with Crippen molar-refractivity contribution in [1.29, 1.82) is 0 Å². The first-order valence-corrected chi connectivity index (χ1v) is 4.59. The third-order valence-electron chi connectivity index (χ3n) is 2.74. The van der Waals surface area contributed by atoms with Gasteiger partial charge in [0.2, 0.25) is 0 Å². The molecule has 0 radical (unpaired) electrons. The van der Waals surface area contributed by atoms with Crippen molar-refractivity contribution in [2.45, 2.75) is 30.9 Å². The Bertz CT molecular complexity index is 297. The second-order valence-corrected chi connectivity index (χ2v) is 4.37. The minimum atomic E-state index is -0.565. The lowest BCUT2D eigenvalue weighted by molar-refractivity contribution is -0.0738. The zero-order chi connectivity index (χ0) is 9.53. The van der Waals surface area contributed by atoms with Crippen LogP contribution in [0.3, 0.4) is 0 Å². The highest BCUT2D eigenvalue weighted by Crippen LogP contribution is 2.45. The molecule has 3 N–H and O–H groups in total. The summed E-state index contributed by atoms with van der Waals surface area (Å²) in [5.74, 6) is 0. The molecule has 0 bridgehead atoms. The first kappa shape index (κ1) is 8.73. The van der Waals surface area contributed by atoms with Gasteiger partial charge in [-0.25, -0.2) is 0 Å². The van der Waals surface area contributed by atoms with Crippen LogP contribution >= 0.6 is 0 Å². The van der Waals surface area contributed by atoms with Gasteiger partial charge in [0.05, 0.1) is 5.60 Å². The lowest BCUT2D eigenvalue weighted by Crippen LogP contribution is -2.58. The quantitative estimate of drug-likeness (QED) is 0.681. The molecule has 1 aliphatic carbocycles. The van der Waals surface area contributed by atoms with Crippen LogP contribution in [-0.4, -0.2) is 10.7 Å². The number of hydrogen-bond donors (Lipinski definition) is 2. The molecule has 0 atom stereocenters. The molecule has 1 aromatic carbocycles. The van der Waals surface area contributed by atoms with Crippen molar-refractivity contribution >= 4 is 0 Å². The van der Waals surface area contributed by atoms with Gasteiger partial charge in [-0.3, -0.25) is 0 Å². The lowest BCUT2D eigenvalue weighted by atomic mass is 9.63. The molecule has 1 aliphatic rings. The van der Waals surface area contributed by atoms with Crippen LogP contribution in [0.2, 0.25) is 0 Å². The molecule has 13 heavy (non-hydrogen) atoms. The summed E-state index contributed by atoms with van der Waals surface area (Å²) in [4.78, 5) is 0. The maximum absolute atomic E-state index is 9.63. The summed E-state index contributed by atoms with van der Waals surface area (Å²) in [6, 6.07) is 9.99. The highest BCUT2D eigenvalue weighted by molar-refractivity contribution is 5.29. The maximum Gasteiger partial charge on any atom is 0.0661 e. The predicted octanol–water partition coefficient (Wildman–Crippen LogP) is 1.39. The van der Waals surface area contributed by atoms with E-state index in [2.05, 4.69) is 0 Å². The van der Waals surface area contributed by atoms with Gasteiger partial charge in [-0.1, -0.05) is 30.3 Å². The molecular weight excluding hydrogens is 162 g/mol. The molecule has 2 nitrogen and oxygen atoms in total. The van der Waals surface area contributed by atoms with Gasteiger partial charge in [-0.05, 0) is 25.3 Å². The summed E-state index contributed by atoms with van der Waals surface area (Å²) in [7, 11) is 0. The molecule has 2 rings (SSSR count). The van der Waals surface area contributed by atoms with Crippen LogP contribution in [0.4, 0.5) is 0 Å². The van der Waals surface area contributed by atoms with E-state index in [1.807, 2.05) is 37.3 Å². The lowest BCUT2D eigenvalue weighted by Gasteiger charge is -2.49. The number of rotatable bonds is 1. The molecule has 1 saturated carbocycles. The van der Waals surface area contributed by atoms with E-state index < -0.39 is 5.60 Å². The molecule has 0 heterocycles. The van der Waals surface area contributed by atoms with Crippen LogP contribution < -0.4 is 5.73 Å². The Kier molecular flexibility index (Phi) is 1.72. The average Bonchev–Trinajstić information content (AvgIpc) is 2.02. The van der Waals surface area contributed by atoms with Gasteiger partial charge in [-0.15, -0.1) is 0 Å². The number of benzene rings is 1. The van der Waals surface area contributed by atoms with Gasteiger partial charge in [0.25, 0.3) is 0 Å². The molecule has 70 valence electrons. The van der Waals surface area contributed by atoms with Gasteiger partial charge in [0.15, 0.2) is 0 Å². The van der Waals surface area contributed by atoms with Crippen LogP contribution in [0.5, 0.6) is 0 Å². The zero-order valence-corrected chi connectivity index (χ0v) is 7.83. The fourth-order valence-electron chi connectivity index (χ4n) is 2.28. The van der Waals surface area contributed by atoms with Gasteiger partial charge in [-0.2, -0.15) is 0 Å². The van der Waals surface area contributed by atoms with E-state index in [1.165, 1.54) is 0 Å². The Balaban J connectivity index is 2.21. The smallest absolute Gasteiger partial charge is 0.0661 e. The highest BCUT2D eigenvalue weighted by atomic mass is 16.3. The first-order valence-electron chi connectivity index (χ1n) is 4.59. The van der Waals surface area contributed by atoms with Crippen LogP contribution in [-0.2, 0) is 5.54 Å². The van der Waals surface area contributed by atoms with Crippen LogP contribution in [0.15, 0.2) is 30.3 Å². The molecule has 0 aliphatic heterocycles. The molecular formula is C11H15NO. The monoisotopic (exact) mass is 177 g/mol. The van der Waals surface area contributed by atoms with E-state index in [4.69, 9.17) is 5.73 Å². The van der Waals surface area contributed by atoms with Crippen LogP contribution in [0.25, 0.3) is 0 Å². The van der Waals surface area contributed by atoms with Gasteiger partial charge in [0, 0.05) is 5.54 Å². The van der Waals surface area contributed by atoms with Crippen LogP contribution in [0.1, 0.15) is 25.3 Å². The van der Waals surface area contributed by atoms with Crippen LogP contribution in [0, 0.1) is 0 Å². The SMILES string of the molecule is CC1(O)CC(N)(c2ccccc2)C1. The molecule has 0 unspecified atom stereocenters. The maximum atomic E-state index is 9.63. The molecule has 0 spiro atoms. The Labute approximate surface area is 78.4 Å². The molecule has 1 fully saturated rings. The normalized spacial score (nSPS) is 38.4. The number of hydrogen-bond acceptors (Lipinski definition) is 2. The second kappa shape index (κ2) is 2.56. The Hall–Kier alpha value is -0.860. The molecule has 0 amide bonds. The predicted molar refractivity (Wildman–Crippen MR) is 52.2 cm³/mol. The fourth-order valence-corrected chi connectivity index (χ4v) is 2.28. The molecule has 2 heteroatoms. The van der Waals surface area contributed by atoms with Crippen molar-refractivity contribution < 1.29 is 5.11 Å². The van der Waals surface area contributed by atoms with Gasteiger partial charge in [0.1, 0.15) is 0 Å². The Morgan fingerprint density at radius 1 is 1.23 bits per heavy atom. The zero-order valence-electron chi connectivity index (χ0n) is 7.83. The summed E-state index contributed by atoms with van der Waals surface area (Å²) in [5.41, 5.74) is 6.40. The third kappa shape index (κ3) is 1.47. The summed E-state index contributed by atoms with van der Waals surface area (Å²) >= 11 is 0. The molecule has 0 aromatic heterocycles. The Morgan fingerprint density at radius 2 is 1.77 bits per heavy atom. The van der Waals surface area contributed by atoms with Gasteiger partial charge >= 0.3 is 0 Å². The van der Waals surface area contributed by atoms with E-state index >= 15 is 0 Å². The van der Waals surface area contributed by atoms with Crippen molar-refractivity contribution in [3.63, 3.8) is 0 Å². The van der Waals surface area contributed by atoms with Gasteiger partial charge < -0.3 is 10.8 Å². The van der Waals surface area contributed by atoms with Crippen molar-refractivity contribution in [1.82, 2.24) is 0 Å². The van der Waals surface area contributed by atoms with Crippen molar-refractivity contribution in [3.8, 4) is 0 Å². The van der Waals surface area contributed by atoms with Crippen molar-refractivity contribution in [2.75, 3.05) is 0 Å². The molecule has 0 saturated heterocycles. The second-order valence-electron chi connectivity index (χ2n) is 4.37. The van der Waals surface area contributed by atoms with E-state index in [-0.39, 0.29) is 5.54 Å². The van der Waals surface area contributed by atoms with E-state index in [1.54, 1.807) is 0 Å². The average molecular weight is 177 g/mol. The summed E-state index contributed by atoms with van der Waals surface area (Å²) in [5, 5.41) is 9.63. The standard InChI is InChI=1S/C11H15NO/c1-10(13)7-11(12,8-10)9-5-3-2-4-6-9/h2-6,13H,7-8,12H2,1H3. The van der Waals surface area contributed by atoms with E-state index in [0.717, 1.165) is 5.56 Å². The summed E-state index contributed by atoms with van der Waals surface area (Å²) < 4.78 is 0. The minimum Gasteiger partial charge on any atom is -0.390 e. The van der Waals surface area contributed by atoms with Crippen molar-refractivity contribution in [3.05, 3.63) is 35.9 Å². The topological polar surface area (TPSA) is 46.2 Å². The third-order valence-corrected chi connectivity index (χ3v) is 2.74. The van der Waals surface area contributed by atoms with E-state index in [0.29, 0.717) is 12.8 Å². The minimum absolute atomic E-state index is 0.301. The summed E-state index contributed by atoms with van der Waals surface area (Å²) in [6.07, 6.45) is 1.31. The Morgan fingerprint density at radius 3 is 2.23 bits per heavy atom. The number of nitrogens with two attached hydrogens (primary N) is 1. The molecule has 1 aromatic rings. The largest absolute Gasteiger partial charge is 0.390 e. The fraction of sp³-hybridized carbons (Fsp3) is 0.455. The van der Waals surface area contributed by atoms with E-state index in [9.17, 15) is 5.11 Å². The van der Waals surface area contributed by atoms with Crippen molar-refractivity contribution in [2.24, 2.45) is 5.73 Å². The summed E-state index contributed by atoms with van der Waals surface area (Å²) in [6.45, 7) is 1.83. The first-order chi connectivity index (χ1) is 6.02.